The lowest BCUT2D eigenvalue weighted by Gasteiger charge is -2.21. The Morgan fingerprint density at radius 1 is 1.17 bits per heavy atom. The molecule has 0 aliphatic rings. The van der Waals surface area contributed by atoms with E-state index in [1.807, 2.05) is 36.4 Å². The van der Waals surface area contributed by atoms with Crippen molar-refractivity contribution in [1.29, 1.82) is 0 Å². The Morgan fingerprint density at radius 2 is 1.79 bits per heavy atom. The summed E-state index contributed by atoms with van der Waals surface area (Å²) >= 11 is 0. The van der Waals surface area contributed by atoms with Crippen LogP contribution in [-0.2, 0) is 10.0 Å². The van der Waals surface area contributed by atoms with Crippen molar-refractivity contribution in [3.8, 4) is 0 Å². The van der Waals surface area contributed by atoms with E-state index in [4.69, 9.17) is 5.21 Å². The van der Waals surface area contributed by atoms with Crippen molar-refractivity contribution in [3.63, 3.8) is 0 Å². The van der Waals surface area contributed by atoms with E-state index < -0.39 is 10.0 Å². The molecule has 126 valence electrons. The zero-order valence-electron chi connectivity index (χ0n) is 12.8. The highest BCUT2D eigenvalue weighted by atomic mass is 32.2. The van der Waals surface area contributed by atoms with Crippen molar-refractivity contribution < 1.29 is 13.6 Å². The van der Waals surface area contributed by atoms with Gasteiger partial charge in [-0.05, 0) is 42.8 Å². The molecule has 0 atom stereocenters. The first-order valence-corrected chi connectivity index (χ1v) is 8.42. The SMILES string of the molecule is CC(/C=C/c1ccccc1)=N/NS(=O)(=O)c1ccc(N([O-])O)cc1. The van der Waals surface area contributed by atoms with E-state index in [9.17, 15) is 13.6 Å². The first-order valence-electron chi connectivity index (χ1n) is 6.94. The molecule has 0 heterocycles. The molecule has 2 aromatic carbocycles. The first kappa shape index (κ1) is 17.7. The lowest BCUT2D eigenvalue weighted by atomic mass is 10.2. The van der Waals surface area contributed by atoms with Crippen molar-refractivity contribution in [3.05, 3.63) is 71.4 Å². The molecule has 0 amide bonds. The van der Waals surface area contributed by atoms with Gasteiger partial charge < -0.3 is 10.4 Å². The summed E-state index contributed by atoms with van der Waals surface area (Å²) in [6.45, 7) is 1.66. The standard InChI is InChI=1S/C16H16N3O4S/c1-13(7-8-14-5-3-2-4-6-14)17-18-24(22,23)16-11-9-15(10-12-16)19(20)21/h2-12,18,20H,1H3/q-1/b8-7+,17-13-. The second-order valence-corrected chi connectivity index (χ2v) is 6.52. The largest absolute Gasteiger partial charge is 0.733 e. The zero-order valence-corrected chi connectivity index (χ0v) is 13.6. The van der Waals surface area contributed by atoms with Crippen molar-refractivity contribution in [2.24, 2.45) is 5.10 Å². The minimum absolute atomic E-state index is 0.0700. The van der Waals surface area contributed by atoms with E-state index >= 15 is 0 Å². The van der Waals surface area contributed by atoms with E-state index in [2.05, 4.69) is 9.93 Å². The molecule has 2 aromatic rings. The minimum atomic E-state index is -3.85. The number of nitrogens with zero attached hydrogens (tertiary/aromatic N) is 2. The fraction of sp³-hybridized carbons (Fsp3) is 0.0625. The third-order valence-corrected chi connectivity index (χ3v) is 4.25. The molecule has 2 rings (SSSR count). The molecular formula is C16H16N3O4S-. The van der Waals surface area contributed by atoms with Crippen LogP contribution in [0, 0.1) is 5.21 Å². The fourth-order valence-electron chi connectivity index (χ4n) is 1.76. The molecule has 0 bridgehead atoms. The van der Waals surface area contributed by atoms with Gasteiger partial charge in [-0.2, -0.15) is 18.4 Å². The summed E-state index contributed by atoms with van der Waals surface area (Å²) in [6, 6.07) is 14.3. The summed E-state index contributed by atoms with van der Waals surface area (Å²) in [7, 11) is -3.85. The molecule has 0 unspecified atom stereocenters. The van der Waals surface area contributed by atoms with Gasteiger partial charge in [-0.15, -0.1) is 0 Å². The van der Waals surface area contributed by atoms with Gasteiger partial charge in [-0.25, -0.2) is 0 Å². The molecule has 0 aromatic heterocycles. The van der Waals surface area contributed by atoms with Crippen LogP contribution in [0.5, 0.6) is 0 Å². The van der Waals surface area contributed by atoms with E-state index in [0.29, 0.717) is 5.71 Å². The van der Waals surface area contributed by atoms with E-state index in [-0.39, 0.29) is 15.8 Å². The van der Waals surface area contributed by atoms with Crippen LogP contribution in [0.15, 0.2) is 70.7 Å². The quantitative estimate of drug-likeness (QED) is 0.618. The van der Waals surface area contributed by atoms with Gasteiger partial charge >= 0.3 is 0 Å². The zero-order chi connectivity index (χ0) is 17.6. The Hall–Kier alpha value is -2.68. The predicted molar refractivity (Wildman–Crippen MR) is 93.0 cm³/mol. The monoisotopic (exact) mass is 346 g/mol. The van der Waals surface area contributed by atoms with Gasteiger partial charge in [0.25, 0.3) is 10.0 Å². The van der Waals surface area contributed by atoms with Crippen LogP contribution in [0.2, 0.25) is 0 Å². The second kappa shape index (κ2) is 7.73. The molecule has 0 fully saturated rings. The van der Waals surface area contributed by atoms with E-state index in [1.165, 1.54) is 24.3 Å². The molecule has 24 heavy (non-hydrogen) atoms. The van der Waals surface area contributed by atoms with Gasteiger partial charge in [0, 0.05) is 0 Å². The molecule has 0 radical (unpaired) electrons. The lowest BCUT2D eigenvalue weighted by Crippen LogP contribution is -2.19. The number of hydrazone groups is 1. The fourth-order valence-corrected chi connectivity index (χ4v) is 2.62. The summed E-state index contributed by atoms with van der Waals surface area (Å²) in [5.74, 6) is 0. The van der Waals surface area contributed by atoms with Gasteiger partial charge in [0.1, 0.15) is 0 Å². The number of benzene rings is 2. The first-order chi connectivity index (χ1) is 11.4. The van der Waals surface area contributed by atoms with Crippen LogP contribution < -0.4 is 10.1 Å². The topological polar surface area (TPSA) is 105 Å². The number of rotatable bonds is 6. The van der Waals surface area contributed by atoms with Crippen LogP contribution in [0.3, 0.4) is 0 Å². The number of nitrogens with one attached hydrogen (secondary N) is 1. The second-order valence-electron chi connectivity index (χ2n) is 4.86. The number of hydrogen-bond donors (Lipinski definition) is 2. The molecular weight excluding hydrogens is 330 g/mol. The number of sulfonamides is 1. The predicted octanol–water partition coefficient (Wildman–Crippen LogP) is 2.75. The van der Waals surface area contributed by atoms with Crippen LogP contribution in [0.25, 0.3) is 6.08 Å². The molecule has 0 saturated heterocycles. The lowest BCUT2D eigenvalue weighted by molar-refractivity contribution is 0.296. The van der Waals surface area contributed by atoms with Gasteiger partial charge in [0.05, 0.1) is 16.3 Å². The van der Waals surface area contributed by atoms with E-state index in [0.717, 1.165) is 5.56 Å². The Bertz CT molecular complexity index is 829. The summed E-state index contributed by atoms with van der Waals surface area (Å²) < 4.78 is 24.2. The van der Waals surface area contributed by atoms with Crippen LogP contribution >= 0.6 is 0 Å². The highest BCUT2D eigenvalue weighted by Crippen LogP contribution is 2.16. The number of hydrogen-bond acceptors (Lipinski definition) is 6. The molecule has 0 aliphatic carbocycles. The highest BCUT2D eigenvalue weighted by Gasteiger charge is 2.12. The molecule has 0 aliphatic heterocycles. The van der Waals surface area contributed by atoms with Gasteiger partial charge in [-0.3, -0.25) is 5.21 Å². The van der Waals surface area contributed by atoms with Crippen molar-refractivity contribution in [2.45, 2.75) is 11.8 Å². The summed E-state index contributed by atoms with van der Waals surface area (Å²) in [4.78, 5) is 2.04. The maximum absolute atomic E-state index is 12.1. The Morgan fingerprint density at radius 3 is 2.38 bits per heavy atom. The summed E-state index contributed by atoms with van der Waals surface area (Å²) in [5, 5.41) is 22.9. The average molecular weight is 346 g/mol. The summed E-state index contributed by atoms with van der Waals surface area (Å²) in [6.07, 6.45) is 3.49. The van der Waals surface area contributed by atoms with Crippen molar-refractivity contribution >= 4 is 27.5 Å². The average Bonchev–Trinajstić information content (AvgIpc) is 2.59. The maximum atomic E-state index is 12.1. The third-order valence-electron chi connectivity index (χ3n) is 3.03. The highest BCUT2D eigenvalue weighted by molar-refractivity contribution is 7.89. The van der Waals surface area contributed by atoms with Gasteiger partial charge in [-0.1, -0.05) is 36.4 Å². The van der Waals surface area contributed by atoms with Crippen molar-refractivity contribution in [2.75, 3.05) is 5.23 Å². The number of anilines is 1. The van der Waals surface area contributed by atoms with Gasteiger partial charge in [0.2, 0.25) is 0 Å². The van der Waals surface area contributed by atoms with Gasteiger partial charge in [0.15, 0.2) is 0 Å². The van der Waals surface area contributed by atoms with Crippen molar-refractivity contribution in [1.82, 2.24) is 4.83 Å². The molecule has 2 N–H and O–H groups in total. The number of allylic oxidation sites excluding steroid dienone is 1. The molecule has 7 nitrogen and oxygen atoms in total. The Labute approximate surface area is 140 Å². The molecule has 0 spiro atoms. The Balaban J connectivity index is 2.07. The van der Waals surface area contributed by atoms with Crippen LogP contribution in [0.1, 0.15) is 12.5 Å². The smallest absolute Gasteiger partial charge is 0.276 e. The minimum Gasteiger partial charge on any atom is -0.733 e. The maximum Gasteiger partial charge on any atom is 0.276 e. The van der Waals surface area contributed by atoms with Crippen LogP contribution in [-0.4, -0.2) is 19.3 Å². The Kier molecular flexibility index (Phi) is 5.69. The third kappa shape index (κ3) is 4.92. The normalized spacial score (nSPS) is 12.4. The van der Waals surface area contributed by atoms with E-state index in [1.54, 1.807) is 13.0 Å². The molecule has 8 heteroatoms. The van der Waals surface area contributed by atoms with Crippen LogP contribution in [0.4, 0.5) is 5.69 Å². The summed E-state index contributed by atoms with van der Waals surface area (Å²) in [5.41, 5.74) is 1.37. The molecule has 0 saturated carbocycles.